The lowest BCUT2D eigenvalue weighted by Crippen LogP contribution is -2.45. The highest BCUT2D eigenvalue weighted by Gasteiger charge is 2.32. The highest BCUT2D eigenvalue weighted by Crippen LogP contribution is 2.22. The number of piperidine rings is 1. The summed E-state index contributed by atoms with van der Waals surface area (Å²) in [6.45, 7) is 5.10. The van der Waals surface area contributed by atoms with Gasteiger partial charge in [-0.15, -0.1) is 0 Å². The third kappa shape index (κ3) is 3.43. The van der Waals surface area contributed by atoms with E-state index in [1.165, 1.54) is 38.8 Å². The molecule has 18 heavy (non-hydrogen) atoms. The summed E-state index contributed by atoms with van der Waals surface area (Å²) in [4.78, 5) is 16.0. The van der Waals surface area contributed by atoms with Crippen molar-refractivity contribution in [3.05, 3.63) is 0 Å². The number of hydrogen-bond donors (Lipinski definition) is 2. The fraction of sp³-hybridized carbons (Fsp3) is 0.923. The first kappa shape index (κ1) is 13.8. The number of likely N-dealkylation sites (tertiary alicyclic amines) is 2. The highest BCUT2D eigenvalue weighted by atomic mass is 16.1. The molecule has 0 spiro atoms. The molecule has 2 saturated heterocycles. The molecule has 0 aliphatic carbocycles. The minimum absolute atomic E-state index is 0.136. The summed E-state index contributed by atoms with van der Waals surface area (Å²) in [6.07, 6.45) is 5.63. The van der Waals surface area contributed by atoms with Gasteiger partial charge in [0.2, 0.25) is 5.91 Å². The Kier molecular flexibility index (Phi) is 4.97. The second-order valence-electron chi connectivity index (χ2n) is 5.59. The molecule has 2 aliphatic rings. The van der Waals surface area contributed by atoms with Crippen molar-refractivity contribution < 1.29 is 4.79 Å². The van der Waals surface area contributed by atoms with E-state index in [1.807, 2.05) is 0 Å². The van der Waals surface area contributed by atoms with Crippen molar-refractivity contribution in [1.29, 1.82) is 0 Å². The van der Waals surface area contributed by atoms with Crippen molar-refractivity contribution in [1.82, 2.24) is 9.80 Å². The summed E-state index contributed by atoms with van der Waals surface area (Å²) < 4.78 is 0. The van der Waals surface area contributed by atoms with E-state index < -0.39 is 0 Å². The van der Waals surface area contributed by atoms with E-state index in [0.29, 0.717) is 19.0 Å². The Hall–Kier alpha value is -0.650. The molecule has 1 amide bonds. The van der Waals surface area contributed by atoms with Crippen LogP contribution >= 0.6 is 0 Å². The molecule has 2 fully saturated rings. The van der Waals surface area contributed by atoms with Crippen LogP contribution in [0.2, 0.25) is 0 Å². The van der Waals surface area contributed by atoms with Gasteiger partial charge < -0.3 is 11.5 Å². The molecule has 0 aromatic rings. The molecule has 2 rings (SSSR count). The standard InChI is InChI=1S/C13H26N4O/c14-9-12(8-13(15)18)17-7-4-11(10-17)16-5-2-1-3-6-16/h11-12H,1-10,14H2,(H2,15,18). The van der Waals surface area contributed by atoms with Crippen molar-refractivity contribution >= 4 is 5.91 Å². The molecule has 2 unspecified atom stereocenters. The quantitative estimate of drug-likeness (QED) is 0.709. The molecule has 5 nitrogen and oxygen atoms in total. The van der Waals surface area contributed by atoms with Gasteiger partial charge in [-0.05, 0) is 32.4 Å². The second-order valence-corrected chi connectivity index (χ2v) is 5.59. The Bertz CT molecular complexity index is 278. The predicted molar refractivity (Wildman–Crippen MR) is 72.1 cm³/mol. The molecule has 2 heterocycles. The van der Waals surface area contributed by atoms with Gasteiger partial charge in [-0.2, -0.15) is 0 Å². The molecule has 2 aliphatic heterocycles. The maximum atomic E-state index is 11.0. The van der Waals surface area contributed by atoms with Crippen LogP contribution in [-0.4, -0.2) is 60.5 Å². The second kappa shape index (κ2) is 6.50. The maximum absolute atomic E-state index is 11.0. The van der Waals surface area contributed by atoms with Gasteiger partial charge >= 0.3 is 0 Å². The topological polar surface area (TPSA) is 75.6 Å². The van der Waals surface area contributed by atoms with Crippen molar-refractivity contribution in [2.75, 3.05) is 32.7 Å². The monoisotopic (exact) mass is 254 g/mol. The molecular formula is C13H26N4O. The first-order valence-corrected chi connectivity index (χ1v) is 7.17. The predicted octanol–water partition coefficient (Wildman–Crippen LogP) is -0.251. The van der Waals surface area contributed by atoms with Crippen LogP contribution in [0.15, 0.2) is 0 Å². The Morgan fingerprint density at radius 3 is 2.56 bits per heavy atom. The Morgan fingerprint density at radius 2 is 1.94 bits per heavy atom. The average Bonchev–Trinajstić information content (AvgIpc) is 2.86. The van der Waals surface area contributed by atoms with Crippen LogP contribution in [0.5, 0.6) is 0 Å². The van der Waals surface area contributed by atoms with E-state index in [2.05, 4.69) is 9.80 Å². The highest BCUT2D eigenvalue weighted by molar-refractivity contribution is 5.74. The Morgan fingerprint density at radius 1 is 1.22 bits per heavy atom. The molecule has 4 N–H and O–H groups in total. The first-order valence-electron chi connectivity index (χ1n) is 7.17. The lowest BCUT2D eigenvalue weighted by molar-refractivity contribution is -0.119. The van der Waals surface area contributed by atoms with Gasteiger partial charge in [0.1, 0.15) is 0 Å². The number of carbonyl (C=O) groups excluding carboxylic acids is 1. The third-order valence-electron chi connectivity index (χ3n) is 4.33. The van der Waals surface area contributed by atoms with Gasteiger partial charge in [0, 0.05) is 38.1 Å². The number of rotatable bonds is 5. The van der Waals surface area contributed by atoms with Crippen molar-refractivity contribution in [2.24, 2.45) is 11.5 Å². The van der Waals surface area contributed by atoms with Crippen LogP contribution in [0, 0.1) is 0 Å². The zero-order chi connectivity index (χ0) is 13.0. The van der Waals surface area contributed by atoms with E-state index in [-0.39, 0.29) is 11.9 Å². The minimum Gasteiger partial charge on any atom is -0.370 e. The fourth-order valence-electron chi connectivity index (χ4n) is 3.28. The SMILES string of the molecule is NCC(CC(N)=O)N1CCC(N2CCCCC2)C1. The van der Waals surface area contributed by atoms with Crippen LogP contribution in [0.4, 0.5) is 0 Å². The third-order valence-corrected chi connectivity index (χ3v) is 4.33. The number of nitrogens with two attached hydrogens (primary N) is 2. The molecular weight excluding hydrogens is 228 g/mol. The molecule has 104 valence electrons. The molecule has 2 atom stereocenters. The molecule has 0 aromatic carbocycles. The Labute approximate surface area is 109 Å². The van der Waals surface area contributed by atoms with E-state index in [9.17, 15) is 4.79 Å². The molecule has 0 aromatic heterocycles. The van der Waals surface area contributed by atoms with Crippen LogP contribution in [0.1, 0.15) is 32.1 Å². The largest absolute Gasteiger partial charge is 0.370 e. The smallest absolute Gasteiger partial charge is 0.219 e. The molecule has 5 heteroatoms. The van der Waals surface area contributed by atoms with Gasteiger partial charge in [-0.25, -0.2) is 0 Å². The molecule has 0 saturated carbocycles. The van der Waals surface area contributed by atoms with Crippen LogP contribution in [0.25, 0.3) is 0 Å². The number of amides is 1. The van der Waals surface area contributed by atoms with Gasteiger partial charge in [0.15, 0.2) is 0 Å². The van der Waals surface area contributed by atoms with Gasteiger partial charge in [-0.3, -0.25) is 14.6 Å². The normalized spacial score (nSPS) is 28.4. The van der Waals surface area contributed by atoms with Crippen LogP contribution in [-0.2, 0) is 4.79 Å². The lowest BCUT2D eigenvalue weighted by Gasteiger charge is -2.33. The van der Waals surface area contributed by atoms with Crippen molar-refractivity contribution in [2.45, 2.75) is 44.2 Å². The summed E-state index contributed by atoms with van der Waals surface area (Å²) in [6, 6.07) is 0.796. The number of primary amides is 1. The zero-order valence-corrected chi connectivity index (χ0v) is 11.2. The molecule has 0 radical (unpaired) electrons. The molecule has 0 bridgehead atoms. The Balaban J connectivity index is 1.84. The van der Waals surface area contributed by atoms with E-state index in [1.54, 1.807) is 0 Å². The van der Waals surface area contributed by atoms with E-state index in [0.717, 1.165) is 13.1 Å². The average molecular weight is 254 g/mol. The van der Waals surface area contributed by atoms with Gasteiger partial charge in [0.05, 0.1) is 0 Å². The summed E-state index contributed by atoms with van der Waals surface area (Å²) in [5.74, 6) is -0.244. The van der Waals surface area contributed by atoms with E-state index in [4.69, 9.17) is 11.5 Å². The number of nitrogens with zero attached hydrogens (tertiary/aromatic N) is 2. The fourth-order valence-corrected chi connectivity index (χ4v) is 3.28. The van der Waals surface area contributed by atoms with E-state index >= 15 is 0 Å². The van der Waals surface area contributed by atoms with Gasteiger partial charge in [0.25, 0.3) is 0 Å². The number of hydrogen-bond acceptors (Lipinski definition) is 4. The lowest BCUT2D eigenvalue weighted by atomic mass is 10.1. The zero-order valence-electron chi connectivity index (χ0n) is 11.2. The summed E-state index contributed by atoms with van der Waals surface area (Å²) in [5, 5.41) is 0. The number of carbonyl (C=O) groups is 1. The van der Waals surface area contributed by atoms with Crippen LogP contribution in [0.3, 0.4) is 0 Å². The first-order chi connectivity index (χ1) is 8.70. The van der Waals surface area contributed by atoms with Crippen LogP contribution < -0.4 is 11.5 Å². The summed E-state index contributed by atoms with van der Waals surface area (Å²) in [7, 11) is 0. The maximum Gasteiger partial charge on any atom is 0.219 e. The van der Waals surface area contributed by atoms with Crippen molar-refractivity contribution in [3.63, 3.8) is 0 Å². The summed E-state index contributed by atoms with van der Waals surface area (Å²) >= 11 is 0. The minimum atomic E-state index is -0.244. The van der Waals surface area contributed by atoms with Gasteiger partial charge in [-0.1, -0.05) is 6.42 Å². The van der Waals surface area contributed by atoms with Crippen molar-refractivity contribution in [3.8, 4) is 0 Å². The summed E-state index contributed by atoms with van der Waals surface area (Å²) in [5.41, 5.74) is 11.0.